The molecular formula is C19H22N4O4S2. The number of benzene rings is 1. The van der Waals surface area contributed by atoms with E-state index in [0.29, 0.717) is 11.7 Å². The van der Waals surface area contributed by atoms with Crippen LogP contribution in [0, 0.1) is 0 Å². The predicted octanol–water partition coefficient (Wildman–Crippen LogP) is 3.45. The van der Waals surface area contributed by atoms with Crippen molar-refractivity contribution in [1.29, 1.82) is 0 Å². The second-order valence-corrected chi connectivity index (χ2v) is 9.99. The van der Waals surface area contributed by atoms with Crippen LogP contribution in [0.4, 0.5) is 5.69 Å². The smallest absolute Gasteiger partial charge is 0.243 e. The molecule has 1 amide bonds. The molecule has 0 bridgehead atoms. The van der Waals surface area contributed by atoms with Gasteiger partial charge in [0.25, 0.3) is 0 Å². The minimum absolute atomic E-state index is 0.0149. The van der Waals surface area contributed by atoms with E-state index in [2.05, 4.69) is 20.2 Å². The number of nitrogens with one attached hydrogen (secondary N) is 2. The molecule has 2 N–H and O–H groups in total. The molecule has 0 saturated heterocycles. The van der Waals surface area contributed by atoms with Crippen molar-refractivity contribution in [2.75, 3.05) is 5.32 Å². The van der Waals surface area contributed by atoms with Crippen molar-refractivity contribution >= 4 is 33.0 Å². The lowest BCUT2D eigenvalue weighted by Gasteiger charge is -2.21. The van der Waals surface area contributed by atoms with E-state index in [1.165, 1.54) is 17.4 Å². The number of para-hydroxylation sites is 1. The molecule has 3 rings (SSSR count). The van der Waals surface area contributed by atoms with Crippen LogP contribution in [0.5, 0.6) is 0 Å². The van der Waals surface area contributed by atoms with Gasteiger partial charge in [0.1, 0.15) is 4.90 Å². The fraction of sp³-hybridized carbons (Fsp3) is 0.316. The van der Waals surface area contributed by atoms with Crippen LogP contribution < -0.4 is 10.0 Å². The molecule has 0 atom stereocenters. The van der Waals surface area contributed by atoms with E-state index >= 15 is 0 Å². The summed E-state index contributed by atoms with van der Waals surface area (Å²) in [5.41, 5.74) is -0.423. The zero-order chi connectivity index (χ0) is 21.1. The molecule has 0 aliphatic carbocycles. The lowest BCUT2D eigenvalue weighted by Crippen LogP contribution is -2.40. The number of rotatable bonds is 7. The number of sulfonamides is 1. The number of hydrogen-bond donors (Lipinski definition) is 2. The Hall–Kier alpha value is -2.56. The maximum absolute atomic E-state index is 12.7. The summed E-state index contributed by atoms with van der Waals surface area (Å²) in [5.74, 6) is 0.484. The maximum Gasteiger partial charge on any atom is 0.243 e. The Kier molecular flexibility index (Phi) is 6.15. The lowest BCUT2D eigenvalue weighted by atomic mass is 10.1. The zero-order valence-corrected chi connectivity index (χ0v) is 17.9. The van der Waals surface area contributed by atoms with Gasteiger partial charge < -0.3 is 9.84 Å². The molecular weight excluding hydrogens is 412 g/mol. The standard InChI is InChI=1S/C19H22N4O4S2/c1-19(2,3)23-29(25,26)15-9-5-4-7-13(15)20-16(24)10-11-17-21-18(22-27-17)14-8-6-12-28-14/h4-9,12,23H,10-11H2,1-3H3,(H,20,24). The van der Waals surface area contributed by atoms with E-state index in [-0.39, 0.29) is 29.3 Å². The Bertz CT molecular complexity index is 1080. The van der Waals surface area contributed by atoms with Crippen LogP contribution in [-0.4, -0.2) is 30.0 Å². The third-order valence-electron chi connectivity index (χ3n) is 3.67. The van der Waals surface area contributed by atoms with E-state index in [1.807, 2.05) is 17.5 Å². The fourth-order valence-electron chi connectivity index (χ4n) is 2.56. The van der Waals surface area contributed by atoms with Crippen molar-refractivity contribution in [3.63, 3.8) is 0 Å². The van der Waals surface area contributed by atoms with Gasteiger partial charge in [0, 0.05) is 18.4 Å². The number of carbonyl (C=O) groups is 1. The van der Waals surface area contributed by atoms with Gasteiger partial charge in [0.05, 0.1) is 10.6 Å². The quantitative estimate of drug-likeness (QED) is 0.589. The molecule has 0 fully saturated rings. The number of aromatic nitrogens is 2. The van der Waals surface area contributed by atoms with Gasteiger partial charge in [0.2, 0.25) is 27.6 Å². The number of hydrogen-bond acceptors (Lipinski definition) is 7. The van der Waals surface area contributed by atoms with Gasteiger partial charge in [-0.2, -0.15) is 4.98 Å². The van der Waals surface area contributed by atoms with E-state index < -0.39 is 15.6 Å². The molecule has 0 radical (unpaired) electrons. The first-order chi connectivity index (χ1) is 13.6. The first-order valence-electron chi connectivity index (χ1n) is 8.93. The van der Waals surface area contributed by atoms with E-state index in [4.69, 9.17) is 4.52 Å². The molecule has 0 aliphatic heterocycles. The van der Waals surface area contributed by atoms with Crippen LogP contribution in [0.15, 0.2) is 51.2 Å². The Morgan fingerprint density at radius 3 is 2.62 bits per heavy atom. The Labute approximate surface area is 173 Å². The monoisotopic (exact) mass is 434 g/mol. The fourth-order valence-corrected chi connectivity index (χ4v) is 4.79. The summed E-state index contributed by atoms with van der Waals surface area (Å²) in [5, 5.41) is 8.48. The normalized spacial score (nSPS) is 12.1. The predicted molar refractivity (Wildman–Crippen MR) is 111 cm³/mol. The second kappa shape index (κ2) is 8.44. The van der Waals surface area contributed by atoms with Crippen molar-refractivity contribution in [2.45, 2.75) is 44.0 Å². The number of anilines is 1. The average molecular weight is 435 g/mol. The highest BCUT2D eigenvalue weighted by molar-refractivity contribution is 7.89. The molecule has 29 heavy (non-hydrogen) atoms. The van der Waals surface area contributed by atoms with E-state index in [1.54, 1.807) is 39.0 Å². The summed E-state index contributed by atoms with van der Waals surface area (Å²) in [6, 6.07) is 10.1. The Balaban J connectivity index is 1.66. The first-order valence-corrected chi connectivity index (χ1v) is 11.3. The lowest BCUT2D eigenvalue weighted by molar-refractivity contribution is -0.116. The van der Waals surface area contributed by atoms with Gasteiger partial charge >= 0.3 is 0 Å². The number of amides is 1. The van der Waals surface area contributed by atoms with Gasteiger partial charge in [-0.25, -0.2) is 13.1 Å². The van der Waals surface area contributed by atoms with Crippen LogP contribution in [0.3, 0.4) is 0 Å². The maximum atomic E-state index is 12.7. The zero-order valence-electron chi connectivity index (χ0n) is 16.3. The van der Waals surface area contributed by atoms with Gasteiger partial charge in [-0.1, -0.05) is 23.4 Å². The van der Waals surface area contributed by atoms with Crippen molar-refractivity contribution < 1.29 is 17.7 Å². The summed E-state index contributed by atoms with van der Waals surface area (Å²) >= 11 is 1.50. The molecule has 2 aromatic heterocycles. The molecule has 8 nitrogen and oxygen atoms in total. The number of aryl methyl sites for hydroxylation is 1. The third-order valence-corrected chi connectivity index (χ3v) is 6.35. The topological polar surface area (TPSA) is 114 Å². The van der Waals surface area contributed by atoms with Crippen molar-refractivity contribution in [2.24, 2.45) is 0 Å². The molecule has 0 aliphatic rings. The molecule has 0 spiro atoms. The Morgan fingerprint density at radius 1 is 1.17 bits per heavy atom. The molecule has 1 aromatic carbocycles. The van der Waals surface area contributed by atoms with Crippen LogP contribution in [0.2, 0.25) is 0 Å². The van der Waals surface area contributed by atoms with Crippen LogP contribution in [0.25, 0.3) is 10.7 Å². The third kappa shape index (κ3) is 5.72. The van der Waals surface area contributed by atoms with Crippen molar-refractivity contribution in [3.8, 4) is 10.7 Å². The molecule has 154 valence electrons. The first kappa shape index (κ1) is 21.2. The van der Waals surface area contributed by atoms with Crippen LogP contribution in [-0.2, 0) is 21.2 Å². The summed E-state index contributed by atoms with van der Waals surface area (Å²) in [7, 11) is -3.79. The average Bonchev–Trinajstić information content (AvgIpc) is 3.30. The van der Waals surface area contributed by atoms with Crippen molar-refractivity contribution in [3.05, 3.63) is 47.7 Å². The van der Waals surface area contributed by atoms with Crippen molar-refractivity contribution in [1.82, 2.24) is 14.9 Å². The molecule has 0 unspecified atom stereocenters. The van der Waals surface area contributed by atoms with Gasteiger partial charge in [-0.15, -0.1) is 11.3 Å². The van der Waals surface area contributed by atoms with Crippen LogP contribution in [0.1, 0.15) is 33.1 Å². The molecule has 10 heteroatoms. The summed E-state index contributed by atoms with van der Waals surface area (Å²) in [6.07, 6.45) is 0.326. The van der Waals surface area contributed by atoms with E-state index in [9.17, 15) is 13.2 Å². The Morgan fingerprint density at radius 2 is 1.93 bits per heavy atom. The van der Waals surface area contributed by atoms with Gasteiger partial charge in [-0.05, 0) is 44.4 Å². The minimum atomic E-state index is -3.79. The highest BCUT2D eigenvalue weighted by Crippen LogP contribution is 2.23. The highest BCUT2D eigenvalue weighted by Gasteiger charge is 2.25. The summed E-state index contributed by atoms with van der Waals surface area (Å²) in [4.78, 5) is 17.5. The number of carbonyl (C=O) groups excluding carboxylic acids is 1. The van der Waals surface area contributed by atoms with Crippen LogP contribution >= 0.6 is 11.3 Å². The number of thiophene rings is 1. The molecule has 0 saturated carbocycles. The van der Waals surface area contributed by atoms with Gasteiger partial charge in [-0.3, -0.25) is 4.79 Å². The largest absolute Gasteiger partial charge is 0.339 e. The SMILES string of the molecule is CC(C)(C)NS(=O)(=O)c1ccccc1NC(=O)CCc1nc(-c2cccs2)no1. The number of nitrogens with zero attached hydrogens (tertiary/aromatic N) is 2. The minimum Gasteiger partial charge on any atom is -0.339 e. The second-order valence-electron chi connectivity index (χ2n) is 7.39. The summed E-state index contributed by atoms with van der Waals surface area (Å²) in [6.45, 7) is 5.25. The highest BCUT2D eigenvalue weighted by atomic mass is 32.2. The van der Waals surface area contributed by atoms with E-state index in [0.717, 1.165) is 4.88 Å². The molecule has 2 heterocycles. The summed E-state index contributed by atoms with van der Waals surface area (Å²) < 4.78 is 33.1. The van der Waals surface area contributed by atoms with Gasteiger partial charge in [0.15, 0.2) is 0 Å². The molecule has 3 aromatic rings.